The second-order valence-corrected chi connectivity index (χ2v) is 8.69. The first-order valence-electron chi connectivity index (χ1n) is 7.50. The summed E-state index contributed by atoms with van der Waals surface area (Å²) in [5.41, 5.74) is 2.04. The Kier molecular flexibility index (Phi) is 5.32. The molecular weight excluding hydrogens is 403 g/mol. The lowest BCUT2D eigenvalue weighted by molar-refractivity contribution is 0.560. The van der Waals surface area contributed by atoms with Crippen LogP contribution in [0.5, 0.6) is 0 Å². The average molecular weight is 418 g/mol. The summed E-state index contributed by atoms with van der Waals surface area (Å²) in [6.45, 7) is 1.79. The van der Waals surface area contributed by atoms with Crippen LogP contribution in [0, 0.1) is 0 Å². The van der Waals surface area contributed by atoms with Gasteiger partial charge in [-0.05, 0) is 37.1 Å². The van der Waals surface area contributed by atoms with Gasteiger partial charge in [-0.15, -0.1) is 0 Å². The standard InChI is InChI=1S/C17H15Cl3N2O2S/c1-10(6-11-9-21-16-5-3-2-4-13(11)16)22-25(23,24)17-14(19)7-12(18)8-15(17)20/h2-5,7-10,21-22H,6H2,1H3. The van der Waals surface area contributed by atoms with E-state index in [1.165, 1.54) is 12.1 Å². The number of para-hydroxylation sites is 1. The van der Waals surface area contributed by atoms with E-state index < -0.39 is 10.0 Å². The molecule has 0 bridgehead atoms. The molecule has 25 heavy (non-hydrogen) atoms. The average Bonchev–Trinajstić information content (AvgIpc) is 2.88. The fourth-order valence-electron chi connectivity index (χ4n) is 2.78. The van der Waals surface area contributed by atoms with Crippen molar-refractivity contribution in [1.29, 1.82) is 0 Å². The van der Waals surface area contributed by atoms with E-state index in [0.717, 1.165) is 16.5 Å². The first-order valence-corrected chi connectivity index (χ1v) is 10.1. The molecule has 1 unspecified atom stereocenters. The number of hydrogen-bond donors (Lipinski definition) is 2. The van der Waals surface area contributed by atoms with Crippen molar-refractivity contribution in [2.45, 2.75) is 24.3 Å². The minimum Gasteiger partial charge on any atom is -0.361 e. The number of benzene rings is 2. The molecule has 2 N–H and O–H groups in total. The second-order valence-electron chi connectivity index (χ2n) is 5.78. The van der Waals surface area contributed by atoms with Gasteiger partial charge < -0.3 is 4.98 Å². The van der Waals surface area contributed by atoms with Crippen LogP contribution in [0.3, 0.4) is 0 Å². The van der Waals surface area contributed by atoms with Gasteiger partial charge in [-0.3, -0.25) is 0 Å². The van der Waals surface area contributed by atoms with Crippen LogP contribution >= 0.6 is 34.8 Å². The van der Waals surface area contributed by atoms with Crippen LogP contribution in [0.4, 0.5) is 0 Å². The quantitative estimate of drug-likeness (QED) is 0.611. The van der Waals surface area contributed by atoms with Gasteiger partial charge in [-0.2, -0.15) is 0 Å². The molecule has 4 nitrogen and oxygen atoms in total. The molecule has 1 aromatic heterocycles. The normalized spacial score (nSPS) is 13.3. The first kappa shape index (κ1) is 18.5. The molecule has 132 valence electrons. The summed E-state index contributed by atoms with van der Waals surface area (Å²) in [4.78, 5) is 3.02. The fourth-order valence-corrected chi connectivity index (χ4v) is 5.57. The SMILES string of the molecule is CC(Cc1c[nH]c2ccccc12)NS(=O)(=O)c1c(Cl)cc(Cl)cc1Cl. The molecular formula is C17H15Cl3N2O2S. The molecule has 0 amide bonds. The van der Waals surface area contributed by atoms with Gasteiger partial charge in [0.1, 0.15) is 4.90 Å². The topological polar surface area (TPSA) is 62.0 Å². The van der Waals surface area contributed by atoms with Crippen molar-refractivity contribution < 1.29 is 8.42 Å². The highest BCUT2D eigenvalue weighted by Gasteiger charge is 2.24. The molecule has 0 fully saturated rings. The second kappa shape index (κ2) is 7.17. The van der Waals surface area contributed by atoms with Gasteiger partial charge >= 0.3 is 0 Å². The third-order valence-electron chi connectivity index (χ3n) is 3.79. The Balaban J connectivity index is 1.84. The van der Waals surface area contributed by atoms with Crippen LogP contribution in [0.25, 0.3) is 10.9 Å². The lowest BCUT2D eigenvalue weighted by Crippen LogP contribution is -2.34. The molecule has 1 heterocycles. The predicted octanol–water partition coefficient (Wildman–Crippen LogP) is 5.04. The summed E-state index contributed by atoms with van der Waals surface area (Å²) < 4.78 is 27.9. The lowest BCUT2D eigenvalue weighted by Gasteiger charge is -2.16. The Bertz CT molecular complexity index is 1010. The number of halogens is 3. The van der Waals surface area contributed by atoms with E-state index in [1.54, 1.807) is 6.92 Å². The van der Waals surface area contributed by atoms with Crippen molar-refractivity contribution in [2.75, 3.05) is 0 Å². The monoisotopic (exact) mass is 416 g/mol. The Morgan fingerprint density at radius 2 is 1.76 bits per heavy atom. The Labute approximate surface area is 161 Å². The summed E-state index contributed by atoms with van der Waals surface area (Å²) in [6, 6.07) is 10.2. The molecule has 2 aromatic carbocycles. The molecule has 3 rings (SSSR count). The van der Waals surface area contributed by atoms with E-state index in [4.69, 9.17) is 34.8 Å². The van der Waals surface area contributed by atoms with Crippen LogP contribution in [0.1, 0.15) is 12.5 Å². The van der Waals surface area contributed by atoms with Crippen LogP contribution in [-0.2, 0) is 16.4 Å². The maximum absolute atomic E-state index is 12.7. The Morgan fingerprint density at radius 1 is 1.12 bits per heavy atom. The van der Waals surface area contributed by atoms with Crippen molar-refractivity contribution in [3.05, 3.63) is 63.2 Å². The van der Waals surface area contributed by atoms with Gasteiger partial charge in [-0.25, -0.2) is 13.1 Å². The van der Waals surface area contributed by atoms with E-state index in [1.807, 2.05) is 30.5 Å². The molecule has 0 saturated carbocycles. The van der Waals surface area contributed by atoms with E-state index in [0.29, 0.717) is 6.42 Å². The summed E-state index contributed by atoms with van der Waals surface area (Å²) in [7, 11) is -3.88. The number of hydrogen-bond acceptors (Lipinski definition) is 2. The van der Waals surface area contributed by atoms with Crippen LogP contribution in [0.2, 0.25) is 15.1 Å². The van der Waals surface area contributed by atoms with Crippen molar-refractivity contribution in [3.63, 3.8) is 0 Å². The maximum atomic E-state index is 12.7. The number of aromatic nitrogens is 1. The molecule has 1 atom stereocenters. The number of fused-ring (bicyclic) bond motifs is 1. The third-order valence-corrected chi connectivity index (χ3v) is 6.52. The fraction of sp³-hybridized carbons (Fsp3) is 0.176. The van der Waals surface area contributed by atoms with E-state index in [2.05, 4.69) is 9.71 Å². The van der Waals surface area contributed by atoms with E-state index in [-0.39, 0.29) is 26.0 Å². The zero-order chi connectivity index (χ0) is 18.2. The molecule has 0 spiro atoms. The molecule has 0 aliphatic rings. The van der Waals surface area contributed by atoms with Gasteiger partial charge in [0.05, 0.1) is 10.0 Å². The molecule has 0 aliphatic carbocycles. The van der Waals surface area contributed by atoms with Gasteiger partial charge in [0, 0.05) is 28.2 Å². The Hall–Kier alpha value is -1.24. The van der Waals surface area contributed by atoms with Crippen molar-refractivity contribution in [3.8, 4) is 0 Å². The number of H-pyrrole nitrogens is 1. The molecule has 0 aliphatic heterocycles. The highest BCUT2D eigenvalue weighted by Crippen LogP contribution is 2.32. The van der Waals surface area contributed by atoms with Crippen molar-refractivity contribution in [1.82, 2.24) is 9.71 Å². The van der Waals surface area contributed by atoms with Gasteiger partial charge in [0.2, 0.25) is 10.0 Å². The van der Waals surface area contributed by atoms with Crippen molar-refractivity contribution >= 4 is 55.7 Å². The van der Waals surface area contributed by atoms with Crippen LogP contribution in [0.15, 0.2) is 47.5 Å². The predicted molar refractivity (Wildman–Crippen MR) is 103 cm³/mol. The number of nitrogens with one attached hydrogen (secondary N) is 2. The molecule has 0 saturated heterocycles. The smallest absolute Gasteiger partial charge is 0.243 e. The Morgan fingerprint density at radius 3 is 2.44 bits per heavy atom. The van der Waals surface area contributed by atoms with Crippen LogP contribution in [-0.4, -0.2) is 19.4 Å². The van der Waals surface area contributed by atoms with Gasteiger partial charge in [0.25, 0.3) is 0 Å². The molecule has 8 heteroatoms. The van der Waals surface area contributed by atoms with E-state index >= 15 is 0 Å². The first-order chi connectivity index (χ1) is 11.8. The van der Waals surface area contributed by atoms with Crippen molar-refractivity contribution in [2.24, 2.45) is 0 Å². The third kappa shape index (κ3) is 3.96. The lowest BCUT2D eigenvalue weighted by atomic mass is 10.1. The van der Waals surface area contributed by atoms with Gasteiger partial charge in [0.15, 0.2) is 0 Å². The number of aromatic amines is 1. The number of rotatable bonds is 5. The summed E-state index contributed by atoms with van der Waals surface area (Å²) >= 11 is 17.9. The van der Waals surface area contributed by atoms with Crippen LogP contribution < -0.4 is 4.72 Å². The summed E-state index contributed by atoms with van der Waals surface area (Å²) in [6.07, 6.45) is 2.41. The van der Waals surface area contributed by atoms with Gasteiger partial charge in [-0.1, -0.05) is 53.0 Å². The maximum Gasteiger partial charge on any atom is 0.243 e. The molecule has 3 aromatic rings. The van der Waals surface area contributed by atoms with E-state index in [9.17, 15) is 8.42 Å². The number of sulfonamides is 1. The highest BCUT2D eigenvalue weighted by atomic mass is 35.5. The minimum absolute atomic E-state index is 0.00991. The molecule has 0 radical (unpaired) electrons. The zero-order valence-electron chi connectivity index (χ0n) is 13.2. The highest BCUT2D eigenvalue weighted by molar-refractivity contribution is 7.89. The zero-order valence-corrected chi connectivity index (χ0v) is 16.3. The largest absolute Gasteiger partial charge is 0.361 e. The minimum atomic E-state index is -3.88. The summed E-state index contributed by atoms with van der Waals surface area (Å²) in [5, 5.41) is 1.32. The summed E-state index contributed by atoms with van der Waals surface area (Å²) in [5.74, 6) is 0.